The molecule has 48 heavy (non-hydrogen) atoms. The highest BCUT2D eigenvalue weighted by atomic mass is 16.6. The number of pyridine rings is 2. The first kappa shape index (κ1) is 32.9. The molecule has 0 aliphatic carbocycles. The largest absolute Gasteiger partial charge is 0.496 e. The predicted molar refractivity (Wildman–Crippen MR) is 174 cm³/mol. The fourth-order valence-electron chi connectivity index (χ4n) is 6.16. The van der Waals surface area contributed by atoms with E-state index >= 15 is 0 Å². The van der Waals surface area contributed by atoms with E-state index in [9.17, 15) is 14.4 Å². The van der Waals surface area contributed by atoms with Gasteiger partial charge in [0.05, 0.1) is 45.2 Å². The SMILES string of the molecule is COCCOCCOC(=O)c1cncc(-c2ccc3c(c2)C(=O)OC2(CCN(C(=O)c4cc(OC)c5cccc(OC)c5n4)CC2)C3)c1. The van der Waals surface area contributed by atoms with E-state index in [0.29, 0.717) is 79.3 Å². The zero-order valence-corrected chi connectivity index (χ0v) is 27.2. The van der Waals surface area contributed by atoms with E-state index in [2.05, 4.69) is 9.97 Å². The van der Waals surface area contributed by atoms with E-state index in [1.807, 2.05) is 24.3 Å². The van der Waals surface area contributed by atoms with Crippen molar-refractivity contribution in [1.82, 2.24) is 14.9 Å². The van der Waals surface area contributed by atoms with Gasteiger partial charge in [-0.15, -0.1) is 0 Å². The molecule has 1 amide bonds. The number of ether oxygens (including phenoxy) is 6. The van der Waals surface area contributed by atoms with Crippen LogP contribution in [0.5, 0.6) is 11.5 Å². The summed E-state index contributed by atoms with van der Waals surface area (Å²) in [5.41, 5.74) is 3.13. The van der Waals surface area contributed by atoms with E-state index in [-0.39, 0.29) is 24.8 Å². The van der Waals surface area contributed by atoms with Crippen molar-refractivity contribution in [3.8, 4) is 22.6 Å². The van der Waals surface area contributed by atoms with Crippen molar-refractivity contribution < 1.29 is 42.8 Å². The van der Waals surface area contributed by atoms with Crippen LogP contribution in [-0.2, 0) is 25.4 Å². The summed E-state index contributed by atoms with van der Waals surface area (Å²) >= 11 is 0. The molecule has 0 bridgehead atoms. The van der Waals surface area contributed by atoms with Crippen LogP contribution in [0.3, 0.4) is 0 Å². The molecular formula is C36H37N3O9. The van der Waals surface area contributed by atoms with Gasteiger partial charge >= 0.3 is 11.9 Å². The number of carbonyl (C=O) groups is 3. The second kappa shape index (κ2) is 14.4. The highest BCUT2D eigenvalue weighted by Crippen LogP contribution is 2.38. The summed E-state index contributed by atoms with van der Waals surface area (Å²) in [6.45, 7) is 2.06. The Morgan fingerprint density at radius 3 is 2.46 bits per heavy atom. The van der Waals surface area contributed by atoms with Crippen molar-refractivity contribution in [3.05, 3.63) is 83.3 Å². The quantitative estimate of drug-likeness (QED) is 0.167. The minimum absolute atomic E-state index is 0.107. The zero-order chi connectivity index (χ0) is 33.7. The van der Waals surface area contributed by atoms with Crippen molar-refractivity contribution in [2.24, 2.45) is 0 Å². The van der Waals surface area contributed by atoms with Gasteiger partial charge in [0.15, 0.2) is 0 Å². The first-order chi connectivity index (χ1) is 23.3. The number of carbonyl (C=O) groups excluding carboxylic acids is 3. The molecule has 12 nitrogen and oxygen atoms in total. The van der Waals surface area contributed by atoms with Crippen LogP contribution in [0.2, 0.25) is 0 Å². The number of nitrogens with zero attached hydrogens (tertiary/aromatic N) is 3. The van der Waals surface area contributed by atoms with Gasteiger partial charge in [-0.2, -0.15) is 0 Å². The molecule has 0 unspecified atom stereocenters. The van der Waals surface area contributed by atoms with Gasteiger partial charge in [-0.3, -0.25) is 9.78 Å². The average molecular weight is 656 g/mol. The third-order valence-electron chi connectivity index (χ3n) is 8.74. The Balaban J connectivity index is 1.11. The number of aromatic nitrogens is 2. The van der Waals surface area contributed by atoms with Crippen LogP contribution in [0.4, 0.5) is 0 Å². The van der Waals surface area contributed by atoms with Gasteiger partial charge in [-0.25, -0.2) is 14.6 Å². The van der Waals surface area contributed by atoms with E-state index in [4.69, 9.17) is 28.4 Å². The first-order valence-electron chi connectivity index (χ1n) is 15.7. The number of para-hydroxylation sites is 1. The Morgan fingerprint density at radius 2 is 1.69 bits per heavy atom. The molecule has 0 atom stereocenters. The molecule has 0 N–H and O–H groups in total. The lowest BCUT2D eigenvalue weighted by Crippen LogP contribution is -2.52. The molecule has 1 saturated heterocycles. The number of rotatable bonds is 11. The number of hydrogen-bond acceptors (Lipinski definition) is 11. The van der Waals surface area contributed by atoms with Gasteiger partial charge in [0.1, 0.15) is 34.9 Å². The van der Waals surface area contributed by atoms with E-state index in [1.54, 1.807) is 56.7 Å². The number of fused-ring (bicyclic) bond motifs is 2. The topological polar surface area (TPSA) is 136 Å². The molecule has 6 rings (SSSR count). The van der Waals surface area contributed by atoms with E-state index < -0.39 is 17.5 Å². The van der Waals surface area contributed by atoms with Gasteiger partial charge < -0.3 is 33.3 Å². The zero-order valence-electron chi connectivity index (χ0n) is 27.2. The normalized spacial score (nSPS) is 15.1. The Morgan fingerprint density at radius 1 is 0.896 bits per heavy atom. The number of piperidine rings is 1. The van der Waals surface area contributed by atoms with Crippen LogP contribution >= 0.6 is 0 Å². The summed E-state index contributed by atoms with van der Waals surface area (Å²) in [5, 5.41) is 0.754. The summed E-state index contributed by atoms with van der Waals surface area (Å²) in [7, 11) is 4.70. The molecule has 2 aromatic carbocycles. The summed E-state index contributed by atoms with van der Waals surface area (Å²) in [6.07, 6.45) is 4.59. The van der Waals surface area contributed by atoms with Crippen molar-refractivity contribution >= 4 is 28.7 Å². The molecule has 0 saturated carbocycles. The number of hydrogen-bond donors (Lipinski definition) is 0. The monoisotopic (exact) mass is 655 g/mol. The number of amides is 1. The standard InChI is InChI=1S/C36H37N3O9/c1-43-13-14-46-15-16-47-34(41)26-17-25(21-37-22-26)23-7-8-24-20-36(48-35(42)28(24)18-23)9-11-39(12-10-36)33(40)29-19-31(45-3)27-5-4-6-30(44-2)32(27)38-29/h4-8,17-19,21-22H,9-16,20H2,1-3H3. The van der Waals surface area contributed by atoms with Gasteiger partial charge in [0.25, 0.3) is 5.91 Å². The first-order valence-corrected chi connectivity index (χ1v) is 15.7. The minimum Gasteiger partial charge on any atom is -0.496 e. The lowest BCUT2D eigenvalue weighted by Gasteiger charge is -2.43. The highest BCUT2D eigenvalue weighted by Gasteiger charge is 2.44. The predicted octanol–water partition coefficient (Wildman–Crippen LogP) is 4.52. The van der Waals surface area contributed by atoms with Crippen LogP contribution in [0, 0.1) is 0 Å². The average Bonchev–Trinajstić information content (AvgIpc) is 3.12. The fraction of sp³-hybridized carbons (Fsp3) is 0.361. The van der Waals surface area contributed by atoms with Crippen molar-refractivity contribution in [3.63, 3.8) is 0 Å². The smallest absolute Gasteiger partial charge is 0.339 e. The molecule has 12 heteroatoms. The van der Waals surface area contributed by atoms with Crippen LogP contribution in [0.1, 0.15) is 49.6 Å². The fourth-order valence-corrected chi connectivity index (χ4v) is 6.16. The molecule has 1 spiro atoms. The van der Waals surface area contributed by atoms with Gasteiger partial charge in [-0.1, -0.05) is 18.2 Å². The molecule has 250 valence electrons. The van der Waals surface area contributed by atoms with Crippen LogP contribution in [0.25, 0.3) is 22.0 Å². The molecule has 4 aromatic rings. The third-order valence-corrected chi connectivity index (χ3v) is 8.74. The number of methoxy groups -OCH3 is 3. The summed E-state index contributed by atoms with van der Waals surface area (Å²) in [4.78, 5) is 50.1. The molecule has 1 fully saturated rings. The molecule has 2 aromatic heterocycles. The second-order valence-corrected chi connectivity index (χ2v) is 11.7. The lowest BCUT2D eigenvalue weighted by atomic mass is 9.81. The van der Waals surface area contributed by atoms with E-state index in [0.717, 1.165) is 16.5 Å². The second-order valence-electron chi connectivity index (χ2n) is 11.7. The minimum atomic E-state index is -0.710. The molecule has 2 aliphatic rings. The van der Waals surface area contributed by atoms with Crippen molar-refractivity contribution in [2.45, 2.75) is 24.9 Å². The maximum Gasteiger partial charge on any atom is 0.339 e. The number of esters is 2. The third kappa shape index (κ3) is 6.80. The van der Waals surface area contributed by atoms with Gasteiger partial charge in [0.2, 0.25) is 0 Å². The molecular weight excluding hydrogens is 618 g/mol. The van der Waals surface area contributed by atoms with Gasteiger partial charge in [0, 0.05) is 68.9 Å². The maximum atomic E-state index is 13.6. The van der Waals surface area contributed by atoms with Crippen molar-refractivity contribution in [1.29, 1.82) is 0 Å². The van der Waals surface area contributed by atoms with Crippen LogP contribution < -0.4 is 9.47 Å². The Kier molecular flexibility index (Phi) is 9.83. The van der Waals surface area contributed by atoms with Crippen molar-refractivity contribution in [2.75, 3.05) is 60.8 Å². The Labute approximate surface area is 277 Å². The summed E-state index contributed by atoms with van der Waals surface area (Å²) in [5.74, 6) is -0.0637. The Bertz CT molecular complexity index is 1840. The maximum absolute atomic E-state index is 13.6. The highest BCUT2D eigenvalue weighted by molar-refractivity contribution is 5.99. The van der Waals surface area contributed by atoms with Gasteiger partial charge in [-0.05, 0) is 35.4 Å². The van der Waals surface area contributed by atoms with Crippen LogP contribution in [-0.4, -0.2) is 99.2 Å². The molecule has 4 heterocycles. The number of likely N-dealkylation sites (tertiary alicyclic amines) is 1. The van der Waals surface area contributed by atoms with E-state index in [1.165, 1.54) is 6.20 Å². The molecule has 2 aliphatic heterocycles. The lowest BCUT2D eigenvalue weighted by molar-refractivity contribution is -0.0527. The number of benzene rings is 2. The summed E-state index contributed by atoms with van der Waals surface area (Å²) in [6, 6.07) is 14.4. The molecule has 0 radical (unpaired) electrons. The summed E-state index contributed by atoms with van der Waals surface area (Å²) < 4.78 is 32.7. The van der Waals surface area contributed by atoms with Crippen LogP contribution in [0.15, 0.2) is 60.9 Å². The Hall–Kier alpha value is -5.07.